The van der Waals surface area contributed by atoms with E-state index in [-0.39, 0.29) is 0 Å². The molecule has 0 aromatic heterocycles. The Hall–Kier alpha value is -0.0800. The highest BCUT2D eigenvalue weighted by Crippen LogP contribution is 2.34. The second-order valence-electron chi connectivity index (χ2n) is 8.06. The lowest BCUT2D eigenvalue weighted by Gasteiger charge is -2.44. The summed E-state index contributed by atoms with van der Waals surface area (Å²) in [4.78, 5) is 2.86. The van der Waals surface area contributed by atoms with Crippen LogP contribution in [0.1, 0.15) is 85.0 Å². The van der Waals surface area contributed by atoms with Gasteiger partial charge in [-0.05, 0) is 56.9 Å². The molecule has 0 amide bonds. The van der Waals surface area contributed by atoms with Crippen LogP contribution in [-0.2, 0) is 0 Å². The first-order valence-electron chi connectivity index (χ1n) is 9.63. The Morgan fingerprint density at radius 1 is 1.10 bits per heavy atom. The highest BCUT2D eigenvalue weighted by Gasteiger charge is 2.36. The lowest BCUT2D eigenvalue weighted by Crippen LogP contribution is -2.54. The predicted octanol–water partition coefficient (Wildman–Crippen LogP) is 4.57. The van der Waals surface area contributed by atoms with Crippen molar-refractivity contribution in [1.29, 1.82) is 0 Å². The monoisotopic (exact) mass is 294 g/mol. The summed E-state index contributed by atoms with van der Waals surface area (Å²) in [6.45, 7) is 8.32. The molecule has 2 fully saturated rings. The molecule has 0 aliphatic heterocycles. The Labute approximate surface area is 132 Å². The Bertz CT molecular complexity index is 283. The average molecular weight is 295 g/mol. The molecule has 0 radical (unpaired) electrons. The molecule has 3 atom stereocenters. The summed E-state index contributed by atoms with van der Waals surface area (Å²) in [5.74, 6) is 1.74. The van der Waals surface area contributed by atoms with E-state index in [0.717, 1.165) is 17.9 Å². The van der Waals surface area contributed by atoms with Crippen LogP contribution in [0.25, 0.3) is 0 Å². The quantitative estimate of drug-likeness (QED) is 0.745. The maximum absolute atomic E-state index is 6.57. The van der Waals surface area contributed by atoms with Crippen molar-refractivity contribution in [3.8, 4) is 0 Å². The molecule has 2 rings (SSSR count). The molecule has 2 N–H and O–H groups in total. The standard InChI is InChI=1S/C19H38N2/c1-4-7-16-10-11-18(20)19(14-16)21(13-12-15(2)3)17-8-5-6-9-17/h15-19H,4-14,20H2,1-3H3. The number of rotatable bonds is 7. The summed E-state index contributed by atoms with van der Waals surface area (Å²) in [5, 5.41) is 0. The van der Waals surface area contributed by atoms with E-state index in [0.29, 0.717) is 12.1 Å². The molecule has 2 saturated carbocycles. The molecule has 0 bridgehead atoms. The van der Waals surface area contributed by atoms with Crippen molar-refractivity contribution in [1.82, 2.24) is 4.90 Å². The largest absolute Gasteiger partial charge is 0.326 e. The van der Waals surface area contributed by atoms with Crippen LogP contribution in [0.5, 0.6) is 0 Å². The normalized spacial score (nSPS) is 31.4. The first kappa shape index (κ1) is 17.3. The summed E-state index contributed by atoms with van der Waals surface area (Å²) in [7, 11) is 0. The van der Waals surface area contributed by atoms with Crippen LogP contribution >= 0.6 is 0 Å². The maximum Gasteiger partial charge on any atom is 0.0252 e. The minimum atomic E-state index is 0.422. The van der Waals surface area contributed by atoms with Crippen molar-refractivity contribution in [2.75, 3.05) is 6.54 Å². The van der Waals surface area contributed by atoms with Crippen molar-refractivity contribution in [2.45, 2.75) is 103 Å². The van der Waals surface area contributed by atoms with Crippen molar-refractivity contribution < 1.29 is 0 Å². The molecular formula is C19H38N2. The first-order chi connectivity index (χ1) is 10.1. The van der Waals surface area contributed by atoms with Gasteiger partial charge in [0, 0.05) is 18.1 Å². The molecule has 2 aliphatic carbocycles. The number of nitrogens with zero attached hydrogens (tertiary/aromatic N) is 1. The summed E-state index contributed by atoms with van der Waals surface area (Å²) in [5.41, 5.74) is 6.57. The number of hydrogen-bond acceptors (Lipinski definition) is 2. The van der Waals surface area contributed by atoms with Gasteiger partial charge >= 0.3 is 0 Å². The third kappa shape index (κ3) is 4.96. The van der Waals surface area contributed by atoms with Gasteiger partial charge in [-0.1, -0.05) is 46.5 Å². The van der Waals surface area contributed by atoms with Crippen molar-refractivity contribution in [3.63, 3.8) is 0 Å². The van der Waals surface area contributed by atoms with Gasteiger partial charge in [0.1, 0.15) is 0 Å². The van der Waals surface area contributed by atoms with Crippen molar-refractivity contribution in [2.24, 2.45) is 17.6 Å². The van der Waals surface area contributed by atoms with Crippen LogP contribution in [-0.4, -0.2) is 29.6 Å². The Kier molecular flexibility index (Phi) is 7.01. The minimum absolute atomic E-state index is 0.422. The van der Waals surface area contributed by atoms with E-state index in [4.69, 9.17) is 5.73 Å². The zero-order valence-corrected chi connectivity index (χ0v) is 14.7. The number of nitrogens with two attached hydrogens (primary N) is 1. The Morgan fingerprint density at radius 3 is 2.43 bits per heavy atom. The van der Waals surface area contributed by atoms with Gasteiger partial charge in [-0.15, -0.1) is 0 Å². The van der Waals surface area contributed by atoms with Gasteiger partial charge in [-0.3, -0.25) is 4.90 Å². The molecule has 124 valence electrons. The van der Waals surface area contributed by atoms with Crippen LogP contribution in [0.3, 0.4) is 0 Å². The third-order valence-corrected chi connectivity index (χ3v) is 5.86. The lowest BCUT2D eigenvalue weighted by molar-refractivity contribution is 0.0662. The van der Waals surface area contributed by atoms with E-state index >= 15 is 0 Å². The second-order valence-corrected chi connectivity index (χ2v) is 8.06. The van der Waals surface area contributed by atoms with Crippen LogP contribution in [0.4, 0.5) is 0 Å². The second kappa shape index (κ2) is 8.53. The molecular weight excluding hydrogens is 256 g/mol. The summed E-state index contributed by atoms with van der Waals surface area (Å²) in [6.07, 6.45) is 13.8. The van der Waals surface area contributed by atoms with Crippen molar-refractivity contribution >= 4 is 0 Å². The Morgan fingerprint density at radius 2 is 1.81 bits per heavy atom. The molecule has 2 aliphatic rings. The van der Waals surface area contributed by atoms with E-state index in [2.05, 4.69) is 25.7 Å². The van der Waals surface area contributed by atoms with Gasteiger partial charge in [-0.25, -0.2) is 0 Å². The fourth-order valence-electron chi connectivity index (χ4n) is 4.57. The maximum atomic E-state index is 6.57. The predicted molar refractivity (Wildman–Crippen MR) is 92.4 cm³/mol. The highest BCUT2D eigenvalue weighted by molar-refractivity contribution is 4.93. The SMILES string of the molecule is CCCC1CCC(N)C(N(CCC(C)C)C2CCCC2)C1. The van der Waals surface area contributed by atoms with E-state index in [1.54, 1.807) is 0 Å². The zero-order chi connectivity index (χ0) is 15.2. The molecule has 2 heteroatoms. The fourth-order valence-corrected chi connectivity index (χ4v) is 4.57. The molecule has 0 aromatic rings. The van der Waals surface area contributed by atoms with Gasteiger partial charge in [0.2, 0.25) is 0 Å². The summed E-state index contributed by atoms with van der Waals surface area (Å²) >= 11 is 0. The zero-order valence-electron chi connectivity index (χ0n) is 14.7. The highest BCUT2D eigenvalue weighted by atomic mass is 15.2. The molecule has 0 heterocycles. The average Bonchev–Trinajstić information content (AvgIpc) is 2.96. The van der Waals surface area contributed by atoms with Crippen molar-refractivity contribution in [3.05, 3.63) is 0 Å². The van der Waals surface area contributed by atoms with Gasteiger partial charge in [0.05, 0.1) is 0 Å². The molecule has 0 saturated heterocycles. The lowest BCUT2D eigenvalue weighted by atomic mass is 9.79. The van der Waals surface area contributed by atoms with Crippen LogP contribution in [0.15, 0.2) is 0 Å². The fraction of sp³-hybridized carbons (Fsp3) is 1.00. The third-order valence-electron chi connectivity index (χ3n) is 5.86. The molecule has 0 spiro atoms. The van der Waals surface area contributed by atoms with Gasteiger partial charge < -0.3 is 5.73 Å². The van der Waals surface area contributed by atoms with Crippen LogP contribution < -0.4 is 5.73 Å². The molecule has 2 nitrogen and oxygen atoms in total. The van der Waals surface area contributed by atoms with Gasteiger partial charge in [0.15, 0.2) is 0 Å². The molecule has 21 heavy (non-hydrogen) atoms. The van der Waals surface area contributed by atoms with E-state index in [1.807, 2.05) is 0 Å². The Balaban J connectivity index is 2.01. The van der Waals surface area contributed by atoms with E-state index in [9.17, 15) is 0 Å². The number of hydrogen-bond donors (Lipinski definition) is 1. The van der Waals surface area contributed by atoms with Gasteiger partial charge in [0.25, 0.3) is 0 Å². The molecule has 0 aromatic carbocycles. The minimum Gasteiger partial charge on any atom is -0.326 e. The van der Waals surface area contributed by atoms with E-state index < -0.39 is 0 Å². The van der Waals surface area contributed by atoms with Crippen LogP contribution in [0, 0.1) is 11.8 Å². The first-order valence-corrected chi connectivity index (χ1v) is 9.63. The summed E-state index contributed by atoms with van der Waals surface area (Å²) in [6, 6.07) is 1.92. The summed E-state index contributed by atoms with van der Waals surface area (Å²) < 4.78 is 0. The van der Waals surface area contributed by atoms with Crippen LogP contribution in [0.2, 0.25) is 0 Å². The topological polar surface area (TPSA) is 29.3 Å². The van der Waals surface area contributed by atoms with Gasteiger partial charge in [-0.2, -0.15) is 0 Å². The van der Waals surface area contributed by atoms with E-state index in [1.165, 1.54) is 70.8 Å². The smallest absolute Gasteiger partial charge is 0.0252 e. The molecule has 3 unspecified atom stereocenters.